The summed E-state index contributed by atoms with van der Waals surface area (Å²) in [5, 5.41) is 9.63. The maximum atomic E-state index is 12.8. The molecule has 0 aromatic heterocycles. The first kappa shape index (κ1) is 17.0. The minimum absolute atomic E-state index is 0.0373. The Morgan fingerprint density at radius 2 is 2.29 bits per heavy atom. The number of ether oxygens (including phenoxy) is 2. The van der Waals surface area contributed by atoms with E-state index >= 15 is 0 Å². The summed E-state index contributed by atoms with van der Waals surface area (Å²) in [5.41, 5.74) is 0. The fraction of sp³-hybridized carbons (Fsp3) is 0.500. The molecule has 1 atom stereocenters. The summed E-state index contributed by atoms with van der Waals surface area (Å²) in [7, 11) is -2.47. The Kier molecular flexibility index (Phi) is 5.50. The second kappa shape index (κ2) is 6.80. The van der Waals surface area contributed by atoms with Gasteiger partial charge in [0.05, 0.1) is 37.4 Å². The second-order valence-corrected chi connectivity index (χ2v) is 7.60. The average molecular weight is 401 g/mol. The lowest BCUT2D eigenvalue weighted by molar-refractivity contribution is 0.0108. The van der Waals surface area contributed by atoms with Crippen LogP contribution in [-0.2, 0) is 14.8 Å². The third-order valence-electron chi connectivity index (χ3n) is 3.15. The molecule has 0 saturated carbocycles. The Labute approximate surface area is 136 Å². The number of sulfonamides is 1. The van der Waals surface area contributed by atoms with Gasteiger partial charge in [0.15, 0.2) is 5.75 Å². The van der Waals surface area contributed by atoms with E-state index in [0.717, 1.165) is 0 Å². The summed E-state index contributed by atoms with van der Waals surface area (Å²) in [6.45, 7) is 0.281. The van der Waals surface area contributed by atoms with Crippen LogP contribution in [-0.4, -0.2) is 57.3 Å². The molecular formula is C12H15BrClNO5S. The van der Waals surface area contributed by atoms with Crippen molar-refractivity contribution in [1.82, 2.24) is 4.31 Å². The van der Waals surface area contributed by atoms with E-state index in [1.165, 1.54) is 17.5 Å². The topological polar surface area (TPSA) is 76.1 Å². The predicted molar refractivity (Wildman–Crippen MR) is 81.3 cm³/mol. The van der Waals surface area contributed by atoms with E-state index in [4.69, 9.17) is 21.1 Å². The number of hydrogen-bond donors (Lipinski definition) is 1. The Bertz CT molecular complexity index is 624. The molecule has 1 aliphatic rings. The van der Waals surface area contributed by atoms with E-state index in [-0.39, 0.29) is 42.0 Å². The van der Waals surface area contributed by atoms with Gasteiger partial charge in [0.1, 0.15) is 4.90 Å². The molecule has 1 heterocycles. The zero-order valence-corrected chi connectivity index (χ0v) is 14.4. The zero-order valence-electron chi connectivity index (χ0n) is 11.3. The molecule has 1 N–H and O–H groups in total. The lowest BCUT2D eigenvalue weighted by atomic mass is 10.3. The predicted octanol–water partition coefficient (Wildman–Crippen LogP) is 1.49. The number of hydrogen-bond acceptors (Lipinski definition) is 5. The average Bonchev–Trinajstić information content (AvgIpc) is 2.46. The number of rotatable bonds is 4. The van der Waals surface area contributed by atoms with Crippen molar-refractivity contribution < 1.29 is 23.0 Å². The monoisotopic (exact) mass is 399 g/mol. The van der Waals surface area contributed by atoms with Gasteiger partial charge in [-0.25, -0.2) is 8.42 Å². The van der Waals surface area contributed by atoms with E-state index in [9.17, 15) is 13.5 Å². The van der Waals surface area contributed by atoms with Gasteiger partial charge in [0, 0.05) is 11.6 Å². The minimum atomic E-state index is -3.86. The number of halogens is 2. The van der Waals surface area contributed by atoms with E-state index in [0.29, 0.717) is 4.47 Å². The van der Waals surface area contributed by atoms with Crippen molar-refractivity contribution in [2.45, 2.75) is 10.9 Å². The number of aliphatic hydroxyl groups excluding tert-OH is 1. The van der Waals surface area contributed by atoms with Crippen molar-refractivity contribution in [3.05, 3.63) is 21.6 Å². The molecule has 1 saturated heterocycles. The third-order valence-corrected chi connectivity index (χ3v) is 5.91. The Morgan fingerprint density at radius 1 is 1.57 bits per heavy atom. The summed E-state index contributed by atoms with van der Waals surface area (Å²) >= 11 is 9.19. The molecule has 2 rings (SSSR count). The molecule has 1 fully saturated rings. The standard InChI is InChI=1S/C12H15BrClNO5S/c1-19-12-10(13)4-8(14)5-11(12)21(17,18)15-2-3-20-7-9(15)6-16/h4-5,9,16H,2-3,6-7H2,1H3. The van der Waals surface area contributed by atoms with Gasteiger partial charge in [0.25, 0.3) is 0 Å². The van der Waals surface area contributed by atoms with Crippen LogP contribution in [0, 0.1) is 0 Å². The van der Waals surface area contributed by atoms with Crippen molar-refractivity contribution in [2.24, 2.45) is 0 Å². The Morgan fingerprint density at radius 3 is 2.90 bits per heavy atom. The lowest BCUT2D eigenvalue weighted by Gasteiger charge is -2.33. The van der Waals surface area contributed by atoms with Crippen LogP contribution in [0.2, 0.25) is 5.02 Å². The van der Waals surface area contributed by atoms with Crippen LogP contribution in [0.4, 0.5) is 0 Å². The number of methoxy groups -OCH3 is 1. The highest BCUT2D eigenvalue weighted by molar-refractivity contribution is 9.10. The highest BCUT2D eigenvalue weighted by Crippen LogP contribution is 2.37. The third kappa shape index (κ3) is 3.35. The Balaban J connectivity index is 2.53. The van der Waals surface area contributed by atoms with Crippen LogP contribution in [0.1, 0.15) is 0 Å². The van der Waals surface area contributed by atoms with Crippen LogP contribution < -0.4 is 4.74 Å². The molecule has 1 aliphatic heterocycles. The summed E-state index contributed by atoms with van der Waals surface area (Å²) in [4.78, 5) is -0.0373. The van der Waals surface area contributed by atoms with Gasteiger partial charge < -0.3 is 14.6 Å². The molecule has 0 aliphatic carbocycles. The van der Waals surface area contributed by atoms with Gasteiger partial charge in [-0.1, -0.05) is 11.6 Å². The molecule has 1 unspecified atom stereocenters. The Hall–Kier alpha value is -0.380. The number of nitrogens with zero attached hydrogens (tertiary/aromatic N) is 1. The smallest absolute Gasteiger partial charge is 0.247 e. The normalized spacial score (nSPS) is 20.5. The quantitative estimate of drug-likeness (QED) is 0.829. The first-order valence-corrected chi connectivity index (χ1v) is 8.76. The number of aliphatic hydroxyl groups is 1. The fourth-order valence-electron chi connectivity index (χ4n) is 2.15. The summed E-state index contributed by atoms with van der Waals surface area (Å²) in [6.07, 6.45) is 0. The molecule has 9 heteroatoms. The highest BCUT2D eigenvalue weighted by Gasteiger charge is 2.36. The molecule has 6 nitrogen and oxygen atoms in total. The lowest BCUT2D eigenvalue weighted by Crippen LogP contribution is -2.50. The maximum Gasteiger partial charge on any atom is 0.247 e. The molecule has 0 amide bonds. The molecule has 0 bridgehead atoms. The molecule has 0 spiro atoms. The first-order chi connectivity index (χ1) is 9.91. The maximum absolute atomic E-state index is 12.8. The fourth-order valence-corrected chi connectivity index (χ4v) is 5.11. The van der Waals surface area contributed by atoms with Crippen LogP contribution >= 0.6 is 27.5 Å². The molecule has 118 valence electrons. The summed E-state index contributed by atoms with van der Waals surface area (Å²) in [5.74, 6) is 0.183. The first-order valence-electron chi connectivity index (χ1n) is 6.15. The van der Waals surface area contributed by atoms with Gasteiger partial charge in [-0.2, -0.15) is 4.31 Å². The summed E-state index contributed by atoms with van der Waals surface area (Å²) in [6, 6.07) is 2.28. The van der Waals surface area contributed by atoms with Gasteiger partial charge in [-0.05, 0) is 28.1 Å². The summed E-state index contributed by atoms with van der Waals surface area (Å²) < 4.78 is 37.7. The van der Waals surface area contributed by atoms with Gasteiger partial charge in [-0.3, -0.25) is 0 Å². The van der Waals surface area contributed by atoms with Crippen molar-refractivity contribution in [1.29, 1.82) is 0 Å². The molecule has 1 aromatic rings. The molecule has 1 aromatic carbocycles. The minimum Gasteiger partial charge on any atom is -0.494 e. The van der Waals surface area contributed by atoms with E-state index in [2.05, 4.69) is 15.9 Å². The van der Waals surface area contributed by atoms with Crippen LogP contribution in [0.3, 0.4) is 0 Å². The van der Waals surface area contributed by atoms with Crippen LogP contribution in [0.5, 0.6) is 5.75 Å². The van der Waals surface area contributed by atoms with E-state index in [1.54, 1.807) is 6.07 Å². The second-order valence-electron chi connectivity index (χ2n) is 4.45. The van der Waals surface area contributed by atoms with Crippen LogP contribution in [0.25, 0.3) is 0 Å². The molecule has 21 heavy (non-hydrogen) atoms. The van der Waals surface area contributed by atoms with Gasteiger partial charge >= 0.3 is 0 Å². The van der Waals surface area contributed by atoms with Crippen molar-refractivity contribution >= 4 is 37.6 Å². The van der Waals surface area contributed by atoms with Crippen LogP contribution in [0.15, 0.2) is 21.5 Å². The van der Waals surface area contributed by atoms with Crippen molar-refractivity contribution in [3.63, 3.8) is 0 Å². The van der Waals surface area contributed by atoms with E-state index in [1.807, 2.05) is 0 Å². The SMILES string of the molecule is COc1c(Br)cc(Cl)cc1S(=O)(=O)N1CCOCC1CO. The van der Waals surface area contributed by atoms with E-state index < -0.39 is 16.1 Å². The number of morpholine rings is 1. The van der Waals surface area contributed by atoms with Crippen molar-refractivity contribution in [3.8, 4) is 5.75 Å². The van der Waals surface area contributed by atoms with Crippen molar-refractivity contribution in [2.75, 3.05) is 33.5 Å². The largest absolute Gasteiger partial charge is 0.494 e. The highest BCUT2D eigenvalue weighted by atomic mass is 79.9. The van der Waals surface area contributed by atoms with Gasteiger partial charge in [-0.15, -0.1) is 0 Å². The molecule has 0 radical (unpaired) electrons. The van der Waals surface area contributed by atoms with Gasteiger partial charge in [0.2, 0.25) is 10.0 Å². The number of benzene rings is 1. The zero-order chi connectivity index (χ0) is 15.6. The molecular weight excluding hydrogens is 386 g/mol.